The van der Waals surface area contributed by atoms with Gasteiger partial charge in [-0.05, 0) is 45.0 Å². The van der Waals surface area contributed by atoms with Gasteiger partial charge < -0.3 is 10.2 Å². The minimum absolute atomic E-state index is 0.0439. The van der Waals surface area contributed by atoms with Crippen molar-refractivity contribution in [1.29, 1.82) is 0 Å². The maximum absolute atomic E-state index is 12.2. The summed E-state index contributed by atoms with van der Waals surface area (Å²) in [7, 11) is 0. The molecule has 0 saturated carbocycles. The van der Waals surface area contributed by atoms with Crippen molar-refractivity contribution in [2.24, 2.45) is 0 Å². The zero-order chi connectivity index (χ0) is 14.8. The summed E-state index contributed by atoms with van der Waals surface area (Å²) in [5, 5.41) is 6.44. The third-order valence-electron chi connectivity index (χ3n) is 4.29. The highest BCUT2D eigenvalue weighted by atomic mass is 79.9. The number of hydrogen-bond donors (Lipinski definition) is 2. The van der Waals surface area contributed by atoms with E-state index in [0.29, 0.717) is 0 Å². The first-order valence-corrected chi connectivity index (χ1v) is 8.52. The average Bonchev–Trinajstić information content (AvgIpc) is 2.77. The van der Waals surface area contributed by atoms with Gasteiger partial charge in [-0.25, -0.2) is 0 Å². The zero-order valence-electron chi connectivity index (χ0n) is 12.4. The number of piperidine rings is 1. The van der Waals surface area contributed by atoms with Gasteiger partial charge in [0, 0.05) is 28.3 Å². The third kappa shape index (κ3) is 3.30. The topological polar surface area (TPSA) is 44.4 Å². The van der Waals surface area contributed by atoms with Gasteiger partial charge in [0.1, 0.15) is 6.04 Å². The van der Waals surface area contributed by atoms with Gasteiger partial charge in [-0.15, -0.1) is 0 Å². The molecule has 21 heavy (non-hydrogen) atoms. The minimum atomic E-state index is -0.254. The fourth-order valence-corrected chi connectivity index (χ4v) is 3.90. The molecule has 0 bridgehead atoms. The lowest BCUT2D eigenvalue weighted by atomic mass is 10.1. The Bertz CT molecular complexity index is 528. The Morgan fingerprint density at radius 2 is 2.14 bits per heavy atom. The molecule has 0 aliphatic carbocycles. The van der Waals surface area contributed by atoms with Crippen molar-refractivity contribution in [2.45, 2.75) is 38.3 Å². The van der Waals surface area contributed by atoms with Crippen LogP contribution in [0.1, 0.15) is 37.8 Å². The highest BCUT2D eigenvalue weighted by molar-refractivity contribution is 9.10. The summed E-state index contributed by atoms with van der Waals surface area (Å²) in [6, 6.07) is 5.92. The Balaban J connectivity index is 1.66. The molecule has 1 aromatic carbocycles. The van der Waals surface area contributed by atoms with Crippen LogP contribution in [0.25, 0.3) is 0 Å². The number of rotatable bonds is 4. The summed E-state index contributed by atoms with van der Waals surface area (Å²) in [6.45, 7) is 5.53. The number of nitrogens with one attached hydrogen (secondary N) is 2. The molecule has 2 atom stereocenters. The van der Waals surface area contributed by atoms with E-state index in [1.165, 1.54) is 32.4 Å². The monoisotopic (exact) mass is 351 g/mol. The van der Waals surface area contributed by atoms with Crippen molar-refractivity contribution >= 4 is 27.5 Å². The highest BCUT2D eigenvalue weighted by Crippen LogP contribution is 2.36. The van der Waals surface area contributed by atoms with Gasteiger partial charge >= 0.3 is 0 Å². The van der Waals surface area contributed by atoms with Gasteiger partial charge in [0.15, 0.2) is 0 Å². The minimum Gasteiger partial charge on any atom is -0.324 e. The first-order chi connectivity index (χ1) is 10.1. The Morgan fingerprint density at radius 1 is 1.38 bits per heavy atom. The second-order valence-corrected chi connectivity index (χ2v) is 6.91. The van der Waals surface area contributed by atoms with Gasteiger partial charge in [0.25, 0.3) is 0 Å². The Kier molecular flexibility index (Phi) is 4.62. The van der Waals surface area contributed by atoms with Crippen LogP contribution in [0, 0.1) is 0 Å². The smallest absolute Gasteiger partial charge is 0.246 e. The van der Waals surface area contributed by atoms with Gasteiger partial charge in [0.2, 0.25) is 5.91 Å². The third-order valence-corrected chi connectivity index (χ3v) is 4.99. The molecule has 114 valence electrons. The molecule has 2 heterocycles. The number of halogens is 1. The molecule has 1 amide bonds. The van der Waals surface area contributed by atoms with Crippen LogP contribution in [0.5, 0.6) is 0 Å². The van der Waals surface area contributed by atoms with Crippen LogP contribution < -0.4 is 10.6 Å². The van der Waals surface area contributed by atoms with E-state index >= 15 is 0 Å². The molecule has 1 saturated heterocycles. The number of carbonyl (C=O) groups excluding carboxylic acids is 1. The summed E-state index contributed by atoms with van der Waals surface area (Å²) in [4.78, 5) is 14.7. The fraction of sp³-hybridized carbons (Fsp3) is 0.562. The van der Waals surface area contributed by atoms with Crippen molar-refractivity contribution in [1.82, 2.24) is 10.2 Å². The molecule has 2 unspecified atom stereocenters. The van der Waals surface area contributed by atoms with E-state index in [9.17, 15) is 4.79 Å². The Morgan fingerprint density at radius 3 is 2.90 bits per heavy atom. The number of benzene rings is 1. The second kappa shape index (κ2) is 6.46. The van der Waals surface area contributed by atoms with Crippen LogP contribution in [0.2, 0.25) is 0 Å². The quantitative estimate of drug-likeness (QED) is 0.876. The van der Waals surface area contributed by atoms with Crippen molar-refractivity contribution in [3.8, 4) is 0 Å². The Labute approximate surface area is 134 Å². The van der Waals surface area contributed by atoms with Crippen molar-refractivity contribution in [2.75, 3.05) is 25.0 Å². The molecular weight excluding hydrogens is 330 g/mol. The van der Waals surface area contributed by atoms with E-state index < -0.39 is 0 Å². The maximum Gasteiger partial charge on any atom is 0.246 e. The van der Waals surface area contributed by atoms with Crippen molar-refractivity contribution in [3.05, 3.63) is 28.2 Å². The molecule has 0 aromatic heterocycles. The maximum atomic E-state index is 12.2. The summed E-state index contributed by atoms with van der Waals surface area (Å²) in [5.41, 5.74) is 1.95. The SMILES string of the molecule is CC(CN1CCCCC1)NC1C(=O)Nc2cccc(Br)c21. The highest BCUT2D eigenvalue weighted by Gasteiger charge is 2.33. The van der Waals surface area contributed by atoms with E-state index in [0.717, 1.165) is 22.3 Å². The molecular formula is C16H22BrN3O. The summed E-state index contributed by atoms with van der Waals surface area (Å²) < 4.78 is 0.987. The molecule has 0 spiro atoms. The number of nitrogens with zero attached hydrogens (tertiary/aromatic N) is 1. The Hall–Kier alpha value is -0.910. The lowest BCUT2D eigenvalue weighted by Crippen LogP contribution is -2.44. The van der Waals surface area contributed by atoms with E-state index in [4.69, 9.17) is 0 Å². The van der Waals surface area contributed by atoms with E-state index in [1.807, 2.05) is 18.2 Å². The van der Waals surface area contributed by atoms with Crippen LogP contribution in [-0.2, 0) is 4.79 Å². The van der Waals surface area contributed by atoms with Gasteiger partial charge in [-0.2, -0.15) is 0 Å². The molecule has 3 rings (SSSR count). The van der Waals surface area contributed by atoms with Crippen molar-refractivity contribution in [3.63, 3.8) is 0 Å². The van der Waals surface area contributed by atoms with Crippen LogP contribution in [-0.4, -0.2) is 36.5 Å². The lowest BCUT2D eigenvalue weighted by Gasteiger charge is -2.30. The zero-order valence-corrected chi connectivity index (χ0v) is 13.9. The summed E-state index contributed by atoms with van der Waals surface area (Å²) in [6.07, 6.45) is 3.94. The van der Waals surface area contributed by atoms with Crippen LogP contribution in [0.15, 0.2) is 22.7 Å². The molecule has 1 aromatic rings. The number of fused-ring (bicyclic) bond motifs is 1. The number of amides is 1. The van der Waals surface area contributed by atoms with Crippen molar-refractivity contribution < 1.29 is 4.79 Å². The molecule has 2 N–H and O–H groups in total. The van der Waals surface area contributed by atoms with E-state index in [2.05, 4.69) is 38.4 Å². The fourth-order valence-electron chi connectivity index (χ4n) is 3.30. The number of likely N-dealkylation sites (tertiary alicyclic amines) is 1. The number of anilines is 1. The normalized spacial score (nSPS) is 23.7. The number of carbonyl (C=O) groups is 1. The van der Waals surface area contributed by atoms with Crippen LogP contribution in [0.3, 0.4) is 0 Å². The molecule has 4 nitrogen and oxygen atoms in total. The van der Waals surface area contributed by atoms with Crippen LogP contribution in [0.4, 0.5) is 5.69 Å². The lowest BCUT2D eigenvalue weighted by molar-refractivity contribution is -0.117. The summed E-state index contributed by atoms with van der Waals surface area (Å²) >= 11 is 3.56. The van der Waals surface area contributed by atoms with Crippen LogP contribution >= 0.6 is 15.9 Å². The molecule has 1 fully saturated rings. The average molecular weight is 352 g/mol. The summed E-state index contributed by atoms with van der Waals surface area (Å²) in [5.74, 6) is 0.0439. The molecule has 0 radical (unpaired) electrons. The van der Waals surface area contributed by atoms with E-state index in [1.54, 1.807) is 0 Å². The second-order valence-electron chi connectivity index (χ2n) is 6.05. The first kappa shape index (κ1) is 15.0. The van der Waals surface area contributed by atoms with Gasteiger partial charge in [-0.3, -0.25) is 10.1 Å². The largest absolute Gasteiger partial charge is 0.324 e. The first-order valence-electron chi connectivity index (χ1n) is 7.73. The van der Waals surface area contributed by atoms with Gasteiger partial charge in [0.05, 0.1) is 0 Å². The standard InChI is InChI=1S/C16H22BrN3O/c1-11(10-20-8-3-2-4-9-20)18-15-14-12(17)6-5-7-13(14)19-16(15)21/h5-7,11,15,18H,2-4,8-10H2,1H3,(H,19,21). The van der Waals surface area contributed by atoms with E-state index in [-0.39, 0.29) is 18.0 Å². The van der Waals surface area contributed by atoms with Gasteiger partial charge in [-0.1, -0.05) is 28.4 Å². The predicted molar refractivity (Wildman–Crippen MR) is 88.4 cm³/mol. The molecule has 2 aliphatic heterocycles. The molecule has 5 heteroatoms. The molecule has 2 aliphatic rings. The number of hydrogen-bond acceptors (Lipinski definition) is 3. The predicted octanol–water partition coefficient (Wildman–Crippen LogP) is 2.91.